The van der Waals surface area contributed by atoms with E-state index in [1.54, 1.807) is 0 Å². The number of hydrogen-bond acceptors (Lipinski definition) is 2. The first kappa shape index (κ1) is 9.27. The lowest BCUT2D eigenvalue weighted by Crippen LogP contribution is -2.31. The van der Waals surface area contributed by atoms with Crippen molar-refractivity contribution >= 4 is 5.91 Å². The van der Waals surface area contributed by atoms with Crippen LogP contribution in [0.3, 0.4) is 0 Å². The van der Waals surface area contributed by atoms with Gasteiger partial charge in [0.1, 0.15) is 0 Å². The van der Waals surface area contributed by atoms with E-state index < -0.39 is 0 Å². The van der Waals surface area contributed by atoms with Crippen molar-refractivity contribution < 1.29 is 4.79 Å². The molecule has 1 aromatic rings. The van der Waals surface area contributed by atoms with Gasteiger partial charge in [0.2, 0.25) is 0 Å². The van der Waals surface area contributed by atoms with E-state index in [-0.39, 0.29) is 5.91 Å². The van der Waals surface area contributed by atoms with Gasteiger partial charge in [-0.2, -0.15) is 0 Å². The number of nitrogens with zero attached hydrogens (tertiary/aromatic N) is 2. The molecule has 0 saturated carbocycles. The third kappa shape index (κ3) is 1.32. The maximum Gasteiger partial charge on any atom is 0.250 e. The van der Waals surface area contributed by atoms with E-state index in [2.05, 4.69) is 16.5 Å². The van der Waals surface area contributed by atoms with Gasteiger partial charge in [-0.3, -0.25) is 9.69 Å². The lowest BCUT2D eigenvalue weighted by molar-refractivity contribution is 0.0997. The van der Waals surface area contributed by atoms with Crippen molar-refractivity contribution in [2.24, 2.45) is 5.73 Å². The first-order valence-electron chi connectivity index (χ1n) is 4.77. The molecule has 0 atom stereocenters. The van der Waals surface area contributed by atoms with E-state index in [0.717, 1.165) is 31.0 Å². The van der Waals surface area contributed by atoms with Crippen LogP contribution in [-0.2, 0) is 13.1 Å². The van der Waals surface area contributed by atoms with Crippen LogP contribution in [0.5, 0.6) is 0 Å². The van der Waals surface area contributed by atoms with E-state index in [0.29, 0.717) is 5.56 Å². The van der Waals surface area contributed by atoms with Crippen LogP contribution < -0.4 is 5.73 Å². The summed E-state index contributed by atoms with van der Waals surface area (Å²) < 4.78 is 2.18. The number of aromatic nitrogens is 1. The smallest absolute Gasteiger partial charge is 0.250 e. The highest BCUT2D eigenvalue weighted by molar-refractivity contribution is 5.94. The zero-order valence-corrected chi connectivity index (χ0v) is 8.58. The molecule has 0 radical (unpaired) electrons. The molecule has 4 heteroatoms. The lowest BCUT2D eigenvalue weighted by atomic mass is 10.2. The molecule has 1 aliphatic rings. The van der Waals surface area contributed by atoms with Crippen LogP contribution in [0.25, 0.3) is 0 Å². The Hall–Kier alpha value is -1.29. The van der Waals surface area contributed by atoms with Gasteiger partial charge in [0.15, 0.2) is 0 Å². The number of nitrogens with two attached hydrogens (primary N) is 1. The van der Waals surface area contributed by atoms with Gasteiger partial charge in [0.05, 0.1) is 5.56 Å². The second-order valence-corrected chi connectivity index (χ2v) is 3.90. The van der Waals surface area contributed by atoms with Crippen molar-refractivity contribution in [2.45, 2.75) is 20.0 Å². The monoisotopic (exact) mass is 193 g/mol. The molecule has 0 fully saturated rings. The second-order valence-electron chi connectivity index (χ2n) is 3.90. The summed E-state index contributed by atoms with van der Waals surface area (Å²) in [5.41, 5.74) is 8.19. The molecule has 0 unspecified atom stereocenters. The summed E-state index contributed by atoms with van der Waals surface area (Å²) in [5, 5.41) is 0. The minimum atomic E-state index is -0.322. The number of carbonyl (C=O) groups excluding carboxylic acids is 1. The van der Waals surface area contributed by atoms with Crippen LogP contribution in [0.2, 0.25) is 0 Å². The normalized spacial score (nSPS) is 16.7. The quantitative estimate of drug-likeness (QED) is 0.699. The van der Waals surface area contributed by atoms with Crippen molar-refractivity contribution in [1.29, 1.82) is 0 Å². The average molecular weight is 193 g/mol. The van der Waals surface area contributed by atoms with Crippen LogP contribution in [-0.4, -0.2) is 29.0 Å². The molecular weight excluding hydrogens is 178 g/mol. The predicted octanol–water partition coefficient (Wildman–Crippen LogP) is 0.341. The molecular formula is C10H15N3O. The van der Waals surface area contributed by atoms with E-state index >= 15 is 0 Å². The Morgan fingerprint density at radius 2 is 2.21 bits per heavy atom. The molecule has 1 aliphatic heterocycles. The number of likely N-dealkylation sites (N-methyl/N-ethyl adjacent to an activating group) is 1. The van der Waals surface area contributed by atoms with Crippen LogP contribution in [0.1, 0.15) is 21.7 Å². The Kier molecular flexibility index (Phi) is 2.07. The van der Waals surface area contributed by atoms with E-state index in [1.165, 1.54) is 0 Å². The van der Waals surface area contributed by atoms with E-state index in [1.807, 2.05) is 13.0 Å². The maximum atomic E-state index is 11.2. The van der Waals surface area contributed by atoms with Crippen molar-refractivity contribution in [2.75, 3.05) is 13.6 Å². The molecule has 14 heavy (non-hydrogen) atoms. The fourth-order valence-electron chi connectivity index (χ4n) is 2.03. The summed E-state index contributed by atoms with van der Waals surface area (Å²) in [7, 11) is 2.05. The fourth-order valence-corrected chi connectivity index (χ4v) is 2.03. The average Bonchev–Trinajstić information content (AvgIpc) is 2.43. The van der Waals surface area contributed by atoms with Crippen LogP contribution in [0.15, 0.2) is 6.07 Å². The summed E-state index contributed by atoms with van der Waals surface area (Å²) in [6, 6.07) is 1.89. The SMILES string of the molecule is Cc1cc(C(N)=O)c2n1CCN(C)C2. The summed E-state index contributed by atoms with van der Waals surface area (Å²) >= 11 is 0. The summed E-state index contributed by atoms with van der Waals surface area (Å²) in [6.45, 7) is 4.80. The van der Waals surface area contributed by atoms with Gasteiger partial charge in [-0.25, -0.2) is 0 Å². The Labute approximate surface area is 83.3 Å². The number of fused-ring (bicyclic) bond motifs is 1. The maximum absolute atomic E-state index is 11.2. The molecule has 0 spiro atoms. The number of aryl methyl sites for hydroxylation is 1. The molecule has 76 valence electrons. The summed E-state index contributed by atoms with van der Waals surface area (Å²) in [6.07, 6.45) is 0. The van der Waals surface area contributed by atoms with Crippen molar-refractivity contribution in [3.05, 3.63) is 23.0 Å². The molecule has 1 aromatic heterocycles. The zero-order chi connectivity index (χ0) is 10.3. The number of primary amides is 1. The van der Waals surface area contributed by atoms with Crippen LogP contribution in [0.4, 0.5) is 0 Å². The number of rotatable bonds is 1. The van der Waals surface area contributed by atoms with Gasteiger partial charge in [0, 0.05) is 31.0 Å². The second kappa shape index (κ2) is 3.13. The molecule has 0 aromatic carbocycles. The Morgan fingerprint density at radius 3 is 2.86 bits per heavy atom. The molecule has 0 aliphatic carbocycles. The number of hydrogen-bond donors (Lipinski definition) is 1. The summed E-state index contributed by atoms with van der Waals surface area (Å²) in [5.74, 6) is -0.322. The van der Waals surface area contributed by atoms with Gasteiger partial charge in [0.25, 0.3) is 5.91 Å². The molecule has 0 bridgehead atoms. The van der Waals surface area contributed by atoms with Gasteiger partial charge < -0.3 is 10.3 Å². The Morgan fingerprint density at radius 1 is 1.50 bits per heavy atom. The molecule has 2 rings (SSSR count). The highest BCUT2D eigenvalue weighted by atomic mass is 16.1. The molecule has 0 saturated heterocycles. The highest BCUT2D eigenvalue weighted by Crippen LogP contribution is 2.20. The molecule has 4 nitrogen and oxygen atoms in total. The van der Waals surface area contributed by atoms with Gasteiger partial charge in [-0.1, -0.05) is 0 Å². The minimum absolute atomic E-state index is 0.322. The first-order chi connectivity index (χ1) is 6.59. The molecule has 2 heterocycles. The number of carbonyl (C=O) groups is 1. The van der Waals surface area contributed by atoms with Crippen LogP contribution >= 0.6 is 0 Å². The van der Waals surface area contributed by atoms with Gasteiger partial charge in [-0.05, 0) is 20.0 Å². The van der Waals surface area contributed by atoms with Crippen molar-refractivity contribution in [3.8, 4) is 0 Å². The molecule has 1 amide bonds. The lowest BCUT2D eigenvalue weighted by Gasteiger charge is -2.26. The van der Waals surface area contributed by atoms with E-state index in [9.17, 15) is 4.79 Å². The predicted molar refractivity (Wildman–Crippen MR) is 54.0 cm³/mol. The van der Waals surface area contributed by atoms with Gasteiger partial charge >= 0.3 is 0 Å². The van der Waals surface area contributed by atoms with Crippen molar-refractivity contribution in [1.82, 2.24) is 9.47 Å². The van der Waals surface area contributed by atoms with E-state index in [4.69, 9.17) is 5.73 Å². The summed E-state index contributed by atoms with van der Waals surface area (Å²) in [4.78, 5) is 13.4. The third-order valence-electron chi connectivity index (χ3n) is 2.81. The topological polar surface area (TPSA) is 51.3 Å². The van der Waals surface area contributed by atoms with Gasteiger partial charge in [-0.15, -0.1) is 0 Å². The molecule has 2 N–H and O–H groups in total. The Balaban J connectivity index is 2.50. The van der Waals surface area contributed by atoms with Crippen LogP contribution in [0, 0.1) is 6.92 Å². The zero-order valence-electron chi connectivity index (χ0n) is 8.58. The van der Waals surface area contributed by atoms with Crippen molar-refractivity contribution in [3.63, 3.8) is 0 Å². The standard InChI is InChI=1S/C10H15N3O/c1-7-5-8(10(11)14)9-6-12(2)3-4-13(7)9/h5H,3-4,6H2,1-2H3,(H2,11,14). The number of amides is 1. The third-order valence-corrected chi connectivity index (χ3v) is 2.81. The Bertz CT molecular complexity index is 381. The fraction of sp³-hybridized carbons (Fsp3) is 0.500. The minimum Gasteiger partial charge on any atom is -0.366 e. The largest absolute Gasteiger partial charge is 0.366 e. The first-order valence-corrected chi connectivity index (χ1v) is 4.77. The highest BCUT2D eigenvalue weighted by Gasteiger charge is 2.21.